The monoisotopic (exact) mass is 507 g/mol. The molecule has 2 aliphatic heterocycles. The molecule has 1 saturated carbocycles. The third-order valence-electron chi connectivity index (χ3n) is 7.96. The lowest BCUT2D eigenvalue weighted by Gasteiger charge is -2.40. The first kappa shape index (κ1) is 26.2. The summed E-state index contributed by atoms with van der Waals surface area (Å²) in [4.78, 5) is 19.3. The van der Waals surface area contributed by atoms with Gasteiger partial charge in [-0.15, -0.1) is 0 Å². The minimum absolute atomic E-state index is 0.0494. The van der Waals surface area contributed by atoms with Crippen molar-refractivity contribution < 1.29 is 35.9 Å². The van der Waals surface area contributed by atoms with E-state index in [0.717, 1.165) is 12.3 Å². The summed E-state index contributed by atoms with van der Waals surface area (Å²) in [6.07, 6.45) is -5.96. The van der Waals surface area contributed by atoms with Gasteiger partial charge in [-0.1, -0.05) is 13.8 Å². The van der Waals surface area contributed by atoms with E-state index in [1.165, 1.54) is 0 Å². The van der Waals surface area contributed by atoms with Crippen molar-refractivity contribution in [1.29, 1.82) is 0 Å². The van der Waals surface area contributed by atoms with E-state index in [-0.39, 0.29) is 44.0 Å². The van der Waals surface area contributed by atoms with Crippen LogP contribution in [-0.2, 0) is 28.7 Å². The molecule has 5 nitrogen and oxygen atoms in total. The van der Waals surface area contributed by atoms with E-state index in [1.807, 2.05) is 13.8 Å². The van der Waals surface area contributed by atoms with Crippen molar-refractivity contribution in [2.24, 2.45) is 17.3 Å². The van der Waals surface area contributed by atoms with Gasteiger partial charge in [-0.2, -0.15) is 26.3 Å². The predicted octanol–water partition coefficient (Wildman–Crippen LogP) is 4.74. The van der Waals surface area contributed by atoms with Gasteiger partial charge in [0.15, 0.2) is 0 Å². The molecule has 35 heavy (non-hydrogen) atoms. The van der Waals surface area contributed by atoms with Gasteiger partial charge in [0.2, 0.25) is 5.91 Å². The first-order valence-corrected chi connectivity index (χ1v) is 12.1. The maximum Gasteiger partial charge on any atom is 0.417 e. The first-order chi connectivity index (χ1) is 16.3. The Hall–Kier alpha value is -1.88. The van der Waals surface area contributed by atoms with E-state index >= 15 is 0 Å². The molecule has 1 saturated heterocycles. The molecule has 0 aromatic carbocycles. The second-order valence-corrected chi connectivity index (χ2v) is 10.3. The van der Waals surface area contributed by atoms with E-state index in [0.29, 0.717) is 43.5 Å². The lowest BCUT2D eigenvalue weighted by atomic mass is 9.74. The summed E-state index contributed by atoms with van der Waals surface area (Å²) in [5.74, 6) is -1.80. The van der Waals surface area contributed by atoms with Crippen molar-refractivity contribution in [1.82, 2.24) is 15.2 Å². The van der Waals surface area contributed by atoms with Crippen LogP contribution in [0.25, 0.3) is 0 Å². The Balaban J connectivity index is 1.48. The van der Waals surface area contributed by atoms with Crippen molar-refractivity contribution in [3.63, 3.8) is 0 Å². The third kappa shape index (κ3) is 5.30. The molecule has 196 valence electrons. The summed E-state index contributed by atoms with van der Waals surface area (Å²) in [7, 11) is 0. The number of amides is 1. The molecule has 11 heteroatoms. The molecular weight excluding hydrogens is 476 g/mol. The topological polar surface area (TPSA) is 54.5 Å². The highest BCUT2D eigenvalue weighted by Crippen LogP contribution is 2.47. The molecule has 4 atom stereocenters. The molecule has 0 spiro atoms. The predicted molar refractivity (Wildman–Crippen MR) is 115 cm³/mol. The minimum atomic E-state index is -4.52. The number of carbonyl (C=O) groups is 1. The smallest absolute Gasteiger partial charge is 0.381 e. The molecular formula is C24H31F6N3O2. The fourth-order valence-electron chi connectivity index (χ4n) is 5.82. The number of halogens is 6. The zero-order valence-corrected chi connectivity index (χ0v) is 19.8. The van der Waals surface area contributed by atoms with Crippen molar-refractivity contribution in [2.75, 3.05) is 19.8 Å². The standard InChI is InChI=1S/C24H31F6N3O2/c1-14(2)22(6-3-17(10-22)32-20-5-8-35-13-18(20)24(28,29)30)21(34)33-7-4-19-15(12-33)9-16(11-31-19)23(25,26)27/h9,11,14,17-18,20,32H,3-8,10,12-13H2,1-2H3/t17-,18-,20+,22+/m1/s1. The second-order valence-electron chi connectivity index (χ2n) is 10.3. The average Bonchev–Trinajstić information content (AvgIpc) is 3.22. The van der Waals surface area contributed by atoms with E-state index in [9.17, 15) is 31.1 Å². The van der Waals surface area contributed by atoms with Gasteiger partial charge in [0.25, 0.3) is 0 Å². The van der Waals surface area contributed by atoms with Crippen LogP contribution in [0.5, 0.6) is 0 Å². The molecule has 1 aromatic rings. The number of alkyl halides is 6. The van der Waals surface area contributed by atoms with Gasteiger partial charge in [0.05, 0.1) is 23.5 Å². The number of hydrogen-bond acceptors (Lipinski definition) is 4. The van der Waals surface area contributed by atoms with Gasteiger partial charge in [-0.05, 0) is 43.2 Å². The highest BCUT2D eigenvalue weighted by atomic mass is 19.4. The van der Waals surface area contributed by atoms with Gasteiger partial charge >= 0.3 is 12.4 Å². The number of nitrogens with zero attached hydrogens (tertiary/aromatic N) is 2. The van der Waals surface area contributed by atoms with Crippen molar-refractivity contribution in [2.45, 2.75) is 76.9 Å². The Morgan fingerprint density at radius 2 is 1.97 bits per heavy atom. The SMILES string of the molecule is CC(C)[C@]1(C(=O)N2CCc3ncc(C(F)(F)F)cc3C2)CC[C@@H](N[C@H]2CCOC[C@H]2C(F)(F)F)C1. The molecule has 3 aliphatic rings. The number of pyridine rings is 1. The van der Waals surface area contributed by atoms with Gasteiger partial charge < -0.3 is 15.0 Å². The molecule has 1 aliphatic carbocycles. The number of hydrogen-bond donors (Lipinski definition) is 1. The summed E-state index contributed by atoms with van der Waals surface area (Å²) < 4.78 is 85.0. The van der Waals surface area contributed by atoms with Crippen LogP contribution in [0.2, 0.25) is 0 Å². The molecule has 2 fully saturated rings. The Labute approximate surface area is 200 Å². The second kappa shape index (κ2) is 9.53. The van der Waals surface area contributed by atoms with Crippen molar-refractivity contribution in [3.8, 4) is 0 Å². The van der Waals surface area contributed by atoms with E-state index in [2.05, 4.69) is 10.3 Å². The summed E-state index contributed by atoms with van der Waals surface area (Å²) in [6.45, 7) is 4.14. The maximum atomic E-state index is 13.8. The Morgan fingerprint density at radius 1 is 1.23 bits per heavy atom. The van der Waals surface area contributed by atoms with Crippen LogP contribution in [0.4, 0.5) is 26.3 Å². The molecule has 0 radical (unpaired) electrons. The fraction of sp³-hybridized carbons (Fsp3) is 0.750. The zero-order chi connectivity index (χ0) is 25.6. The normalized spacial score (nSPS) is 30.0. The van der Waals surface area contributed by atoms with Crippen LogP contribution in [0.3, 0.4) is 0 Å². The number of fused-ring (bicyclic) bond motifs is 1. The summed E-state index contributed by atoms with van der Waals surface area (Å²) >= 11 is 0. The van der Waals surface area contributed by atoms with Crippen LogP contribution in [-0.4, -0.2) is 53.8 Å². The minimum Gasteiger partial charge on any atom is -0.381 e. The highest BCUT2D eigenvalue weighted by Gasteiger charge is 2.52. The van der Waals surface area contributed by atoms with Crippen LogP contribution >= 0.6 is 0 Å². The van der Waals surface area contributed by atoms with Crippen molar-refractivity contribution in [3.05, 3.63) is 29.1 Å². The van der Waals surface area contributed by atoms with Gasteiger partial charge in [0.1, 0.15) is 0 Å². The summed E-state index contributed by atoms with van der Waals surface area (Å²) in [5, 5.41) is 3.18. The molecule has 0 bridgehead atoms. The summed E-state index contributed by atoms with van der Waals surface area (Å²) in [5.41, 5.74) is -0.668. The summed E-state index contributed by atoms with van der Waals surface area (Å²) in [6, 6.07) is 0.0519. The quantitative estimate of drug-likeness (QED) is 0.599. The van der Waals surface area contributed by atoms with E-state index in [1.54, 1.807) is 4.90 Å². The van der Waals surface area contributed by atoms with Crippen LogP contribution in [0, 0.1) is 17.3 Å². The molecule has 0 unspecified atom stereocenters. The number of rotatable bonds is 4. The van der Waals surface area contributed by atoms with Crippen LogP contribution in [0.15, 0.2) is 12.3 Å². The third-order valence-corrected chi connectivity index (χ3v) is 7.96. The van der Waals surface area contributed by atoms with E-state index in [4.69, 9.17) is 4.74 Å². The van der Waals surface area contributed by atoms with Crippen molar-refractivity contribution >= 4 is 5.91 Å². The fourth-order valence-corrected chi connectivity index (χ4v) is 5.82. The molecule has 3 heterocycles. The van der Waals surface area contributed by atoms with Crippen LogP contribution in [0.1, 0.15) is 56.4 Å². The molecule has 4 rings (SSSR count). The molecule has 1 N–H and O–H groups in total. The Morgan fingerprint density at radius 3 is 2.63 bits per heavy atom. The van der Waals surface area contributed by atoms with Gasteiger partial charge in [0, 0.05) is 50.1 Å². The van der Waals surface area contributed by atoms with Crippen LogP contribution < -0.4 is 5.32 Å². The highest BCUT2D eigenvalue weighted by molar-refractivity contribution is 5.83. The Kier molecular flexibility index (Phi) is 7.13. The van der Waals surface area contributed by atoms with E-state index < -0.39 is 35.3 Å². The molecule has 1 aromatic heterocycles. The van der Waals surface area contributed by atoms with Gasteiger partial charge in [-0.3, -0.25) is 9.78 Å². The zero-order valence-electron chi connectivity index (χ0n) is 19.8. The lowest BCUT2D eigenvalue weighted by Crippen LogP contribution is -2.53. The van der Waals surface area contributed by atoms with Gasteiger partial charge in [-0.25, -0.2) is 0 Å². The number of carbonyl (C=O) groups excluding carboxylic acids is 1. The lowest BCUT2D eigenvalue weighted by molar-refractivity contribution is -0.208. The largest absolute Gasteiger partial charge is 0.417 e. The maximum absolute atomic E-state index is 13.8. The first-order valence-electron chi connectivity index (χ1n) is 12.1. The average molecular weight is 508 g/mol. The number of aromatic nitrogens is 1. The molecule has 1 amide bonds. The Bertz CT molecular complexity index is 935. The number of nitrogens with one attached hydrogen (secondary N) is 1. The number of ether oxygens (including phenoxy) is 1.